The summed E-state index contributed by atoms with van der Waals surface area (Å²) in [6, 6.07) is 9.91. The third-order valence-electron chi connectivity index (χ3n) is 6.44. The summed E-state index contributed by atoms with van der Waals surface area (Å²) >= 11 is 0. The molecule has 0 saturated carbocycles. The van der Waals surface area contributed by atoms with Gasteiger partial charge in [0, 0.05) is 31.5 Å². The first kappa shape index (κ1) is 23.0. The summed E-state index contributed by atoms with van der Waals surface area (Å²) < 4.78 is 11.2. The van der Waals surface area contributed by atoms with Crippen LogP contribution in [0.1, 0.15) is 39.5 Å². The number of aromatic nitrogens is 2. The van der Waals surface area contributed by atoms with Crippen LogP contribution in [0.4, 0.5) is 0 Å². The highest BCUT2D eigenvalue weighted by atomic mass is 16.5. The van der Waals surface area contributed by atoms with E-state index in [-0.39, 0.29) is 0 Å². The molecule has 1 heterocycles. The number of nitrogens with zero attached hydrogens (tertiary/aromatic N) is 4. The highest BCUT2D eigenvalue weighted by molar-refractivity contribution is 5.53. The summed E-state index contributed by atoms with van der Waals surface area (Å²) in [7, 11) is 3.77. The Labute approximate surface area is 185 Å². The van der Waals surface area contributed by atoms with Gasteiger partial charge in [0.25, 0.3) is 0 Å². The van der Waals surface area contributed by atoms with E-state index in [9.17, 15) is 0 Å². The molecule has 1 aliphatic carbocycles. The molecule has 0 spiro atoms. The second-order valence-corrected chi connectivity index (χ2v) is 9.02. The topological polar surface area (TPSA) is 75.2 Å². The molecule has 0 amide bonds. The van der Waals surface area contributed by atoms with Crippen molar-refractivity contribution in [3.8, 4) is 23.3 Å². The Morgan fingerprint density at radius 1 is 1.26 bits per heavy atom. The molecule has 3 atom stereocenters. The zero-order chi connectivity index (χ0) is 22.4. The Morgan fingerprint density at radius 2 is 2.00 bits per heavy atom. The van der Waals surface area contributed by atoms with Crippen molar-refractivity contribution < 1.29 is 9.15 Å². The standard InChI is InChI=1S/C25H34N4O2/c1-17(2)23-14-20(18(3)13-21(23)16-29(4)12-6-11-26)15-24-27-28-25(31-24)19-7-9-22(30-5)10-8-19/h7-10,13,17,20-21,23H,6,12,14-16H2,1-5H3/t20-,21-,23-/m0/s1. The molecule has 166 valence electrons. The van der Waals surface area contributed by atoms with Crippen molar-refractivity contribution in [2.75, 3.05) is 27.2 Å². The largest absolute Gasteiger partial charge is 0.497 e. The molecule has 0 bridgehead atoms. The van der Waals surface area contributed by atoms with Gasteiger partial charge in [-0.3, -0.25) is 0 Å². The molecule has 1 aromatic carbocycles. The highest BCUT2D eigenvalue weighted by Gasteiger charge is 2.33. The van der Waals surface area contributed by atoms with Gasteiger partial charge in [-0.2, -0.15) is 5.26 Å². The van der Waals surface area contributed by atoms with Gasteiger partial charge in [0.2, 0.25) is 11.8 Å². The first-order chi connectivity index (χ1) is 14.9. The summed E-state index contributed by atoms with van der Waals surface area (Å²) in [5.41, 5.74) is 2.30. The van der Waals surface area contributed by atoms with E-state index in [1.54, 1.807) is 7.11 Å². The quantitative estimate of drug-likeness (QED) is 0.530. The van der Waals surface area contributed by atoms with Crippen LogP contribution in [-0.2, 0) is 6.42 Å². The van der Waals surface area contributed by atoms with Crippen molar-refractivity contribution in [3.63, 3.8) is 0 Å². The zero-order valence-corrected chi connectivity index (χ0v) is 19.3. The van der Waals surface area contributed by atoms with Crippen LogP contribution < -0.4 is 4.74 Å². The van der Waals surface area contributed by atoms with Gasteiger partial charge in [0.15, 0.2) is 0 Å². The van der Waals surface area contributed by atoms with Crippen molar-refractivity contribution in [1.82, 2.24) is 15.1 Å². The smallest absolute Gasteiger partial charge is 0.247 e. The Hall–Kier alpha value is -2.65. The minimum atomic E-state index is 0.414. The maximum Gasteiger partial charge on any atom is 0.247 e. The molecule has 31 heavy (non-hydrogen) atoms. The van der Waals surface area contributed by atoms with E-state index in [0.29, 0.717) is 41.9 Å². The molecule has 2 aromatic rings. The van der Waals surface area contributed by atoms with E-state index in [0.717, 1.165) is 37.2 Å². The lowest BCUT2D eigenvalue weighted by Gasteiger charge is -2.38. The van der Waals surface area contributed by atoms with Crippen molar-refractivity contribution >= 4 is 0 Å². The van der Waals surface area contributed by atoms with Gasteiger partial charge < -0.3 is 14.1 Å². The number of methoxy groups -OCH3 is 1. The number of allylic oxidation sites excluding steroid dienone is 1. The summed E-state index contributed by atoms with van der Waals surface area (Å²) in [6.45, 7) is 8.67. The van der Waals surface area contributed by atoms with E-state index in [1.165, 1.54) is 5.57 Å². The third-order valence-corrected chi connectivity index (χ3v) is 6.44. The molecule has 0 N–H and O–H groups in total. The van der Waals surface area contributed by atoms with Gasteiger partial charge in [-0.05, 0) is 68.3 Å². The van der Waals surface area contributed by atoms with Crippen LogP contribution in [0.5, 0.6) is 5.75 Å². The zero-order valence-electron chi connectivity index (χ0n) is 19.3. The Kier molecular flexibility index (Phi) is 7.86. The maximum absolute atomic E-state index is 8.86. The second kappa shape index (κ2) is 10.6. The molecular formula is C25H34N4O2. The van der Waals surface area contributed by atoms with Gasteiger partial charge >= 0.3 is 0 Å². The lowest BCUT2D eigenvalue weighted by molar-refractivity contribution is 0.177. The number of rotatable bonds is 9. The number of hydrogen-bond acceptors (Lipinski definition) is 6. The lowest BCUT2D eigenvalue weighted by Crippen LogP contribution is -2.36. The first-order valence-corrected chi connectivity index (χ1v) is 11.1. The number of benzene rings is 1. The summed E-state index contributed by atoms with van der Waals surface area (Å²) in [4.78, 5) is 2.28. The van der Waals surface area contributed by atoms with Crippen molar-refractivity contribution in [3.05, 3.63) is 41.8 Å². The molecule has 0 saturated heterocycles. The fourth-order valence-corrected chi connectivity index (χ4v) is 4.57. The number of nitriles is 1. The van der Waals surface area contributed by atoms with Gasteiger partial charge in [0.05, 0.1) is 13.2 Å². The van der Waals surface area contributed by atoms with Crippen LogP contribution >= 0.6 is 0 Å². The molecule has 0 radical (unpaired) electrons. The lowest BCUT2D eigenvalue weighted by atomic mass is 9.69. The highest BCUT2D eigenvalue weighted by Crippen LogP contribution is 2.39. The molecular weight excluding hydrogens is 388 g/mol. The SMILES string of the molecule is COc1ccc(-c2nnc(C[C@@H]3C[C@@H](C(C)C)[C@H](CN(C)CCC#N)C=C3C)o2)cc1. The van der Waals surface area contributed by atoms with Gasteiger partial charge in [-0.15, -0.1) is 10.2 Å². The van der Waals surface area contributed by atoms with E-state index < -0.39 is 0 Å². The minimum Gasteiger partial charge on any atom is -0.497 e. The number of ether oxygens (including phenoxy) is 1. The van der Waals surface area contributed by atoms with E-state index >= 15 is 0 Å². The fourth-order valence-electron chi connectivity index (χ4n) is 4.57. The predicted molar refractivity (Wildman–Crippen MR) is 121 cm³/mol. The average molecular weight is 423 g/mol. The number of hydrogen-bond donors (Lipinski definition) is 0. The van der Waals surface area contributed by atoms with Crippen LogP contribution in [0, 0.1) is 35.0 Å². The van der Waals surface area contributed by atoms with E-state index in [4.69, 9.17) is 14.4 Å². The molecule has 3 rings (SSSR count). The maximum atomic E-state index is 8.86. The van der Waals surface area contributed by atoms with Crippen molar-refractivity contribution in [2.24, 2.45) is 23.7 Å². The molecule has 0 unspecified atom stereocenters. The third kappa shape index (κ3) is 5.95. The Balaban J connectivity index is 1.69. The molecule has 1 aromatic heterocycles. The van der Waals surface area contributed by atoms with Gasteiger partial charge in [0.1, 0.15) is 5.75 Å². The summed E-state index contributed by atoms with van der Waals surface area (Å²) in [6.07, 6.45) is 4.92. The van der Waals surface area contributed by atoms with Gasteiger partial charge in [-0.1, -0.05) is 25.5 Å². The van der Waals surface area contributed by atoms with Crippen molar-refractivity contribution in [2.45, 2.75) is 40.0 Å². The Morgan fingerprint density at radius 3 is 2.65 bits per heavy atom. The van der Waals surface area contributed by atoms with E-state index in [1.807, 2.05) is 24.3 Å². The van der Waals surface area contributed by atoms with Crippen LogP contribution in [0.3, 0.4) is 0 Å². The second-order valence-electron chi connectivity index (χ2n) is 9.02. The van der Waals surface area contributed by atoms with Crippen LogP contribution in [0.2, 0.25) is 0 Å². The van der Waals surface area contributed by atoms with Crippen LogP contribution in [-0.4, -0.2) is 42.3 Å². The molecule has 6 heteroatoms. The predicted octanol–water partition coefficient (Wildman–Crippen LogP) is 4.99. The summed E-state index contributed by atoms with van der Waals surface area (Å²) in [5.74, 6) is 4.16. The molecule has 0 aliphatic heterocycles. The first-order valence-electron chi connectivity index (χ1n) is 11.1. The van der Waals surface area contributed by atoms with Crippen molar-refractivity contribution in [1.29, 1.82) is 5.26 Å². The normalized spacial score (nSPS) is 21.2. The average Bonchev–Trinajstić information content (AvgIpc) is 3.22. The fraction of sp³-hybridized carbons (Fsp3) is 0.560. The summed E-state index contributed by atoms with van der Waals surface area (Å²) in [5, 5.41) is 17.4. The van der Waals surface area contributed by atoms with Gasteiger partial charge in [-0.25, -0.2) is 0 Å². The molecule has 1 aliphatic rings. The van der Waals surface area contributed by atoms with Crippen LogP contribution in [0.15, 0.2) is 40.3 Å². The minimum absolute atomic E-state index is 0.414. The molecule has 6 nitrogen and oxygen atoms in total. The molecule has 0 fully saturated rings. The monoisotopic (exact) mass is 422 g/mol. The van der Waals surface area contributed by atoms with Crippen LogP contribution in [0.25, 0.3) is 11.5 Å². The van der Waals surface area contributed by atoms with E-state index in [2.05, 4.69) is 55.1 Å². The Bertz CT molecular complexity index is 910.